The van der Waals surface area contributed by atoms with Gasteiger partial charge in [-0.2, -0.15) is 5.26 Å². The largest absolute Gasteiger partial charge is 0.363 e. The van der Waals surface area contributed by atoms with Gasteiger partial charge < -0.3 is 10.2 Å². The molecule has 1 saturated heterocycles. The maximum atomic E-state index is 10.9. The zero-order valence-electron chi connectivity index (χ0n) is 10.5. The number of nitro groups is 1. The normalized spacial score (nSPS) is 15.1. The molecule has 1 aromatic rings. The van der Waals surface area contributed by atoms with Crippen LogP contribution in [-0.2, 0) is 0 Å². The minimum absolute atomic E-state index is 0.152. The van der Waals surface area contributed by atoms with Crippen LogP contribution in [0.4, 0.5) is 11.5 Å². The third-order valence-corrected chi connectivity index (χ3v) is 3.11. The van der Waals surface area contributed by atoms with Gasteiger partial charge in [0.05, 0.1) is 10.5 Å². The molecule has 19 heavy (non-hydrogen) atoms. The van der Waals surface area contributed by atoms with Crippen molar-refractivity contribution in [2.75, 3.05) is 31.5 Å². The molecule has 0 atom stereocenters. The fourth-order valence-electron chi connectivity index (χ4n) is 2.13. The molecule has 0 amide bonds. The first-order valence-electron chi connectivity index (χ1n) is 6.21. The Morgan fingerprint density at radius 2 is 2.26 bits per heavy atom. The Hall–Kier alpha value is -2.20. The molecular formula is C12H15N5O2. The van der Waals surface area contributed by atoms with E-state index in [0.717, 1.165) is 19.6 Å². The van der Waals surface area contributed by atoms with Crippen LogP contribution in [-0.4, -0.2) is 41.0 Å². The monoisotopic (exact) mass is 261 g/mol. The minimum Gasteiger partial charge on any atom is -0.363 e. The molecule has 1 aliphatic heterocycles. The van der Waals surface area contributed by atoms with Gasteiger partial charge >= 0.3 is 5.69 Å². The molecule has 0 bridgehead atoms. The Kier molecular flexibility index (Phi) is 4.26. The molecule has 0 radical (unpaired) electrons. The minimum atomic E-state index is -0.522. The van der Waals surface area contributed by atoms with E-state index in [1.807, 2.05) is 6.07 Å². The standard InChI is InChI=1S/C12H15N5O2/c13-8-10-7-11(17(18)19)12(15-9-10)14-3-6-16-4-1-2-5-16/h7,9H,1-6H2,(H,14,15). The number of hydrogen-bond donors (Lipinski definition) is 1. The third kappa shape index (κ3) is 3.39. The summed E-state index contributed by atoms with van der Waals surface area (Å²) >= 11 is 0. The summed E-state index contributed by atoms with van der Waals surface area (Å²) in [6, 6.07) is 3.09. The molecule has 1 N–H and O–H groups in total. The second kappa shape index (κ2) is 6.11. The third-order valence-electron chi connectivity index (χ3n) is 3.11. The number of likely N-dealkylation sites (tertiary alicyclic amines) is 1. The lowest BCUT2D eigenvalue weighted by Gasteiger charge is -2.14. The van der Waals surface area contributed by atoms with Crippen molar-refractivity contribution in [3.05, 3.63) is 27.9 Å². The number of aromatic nitrogens is 1. The van der Waals surface area contributed by atoms with Crippen molar-refractivity contribution >= 4 is 11.5 Å². The number of nitriles is 1. The lowest BCUT2D eigenvalue weighted by molar-refractivity contribution is -0.384. The second-order valence-electron chi connectivity index (χ2n) is 4.44. The summed E-state index contributed by atoms with van der Waals surface area (Å²) in [6.45, 7) is 3.63. The number of rotatable bonds is 5. The molecule has 0 aliphatic carbocycles. The zero-order chi connectivity index (χ0) is 13.7. The Bertz CT molecular complexity index is 505. The molecular weight excluding hydrogens is 246 g/mol. The SMILES string of the molecule is N#Cc1cnc(NCCN2CCCC2)c([N+](=O)[O-])c1. The summed E-state index contributed by atoms with van der Waals surface area (Å²) in [5, 5.41) is 22.6. The van der Waals surface area contributed by atoms with Crippen molar-refractivity contribution in [1.29, 1.82) is 5.26 Å². The fourth-order valence-corrected chi connectivity index (χ4v) is 2.13. The average Bonchev–Trinajstić information content (AvgIpc) is 2.92. The molecule has 1 aliphatic rings. The van der Waals surface area contributed by atoms with Crippen LogP contribution in [0.2, 0.25) is 0 Å². The number of nitrogens with zero attached hydrogens (tertiary/aromatic N) is 4. The predicted octanol–water partition coefficient (Wildman–Crippen LogP) is 1.37. The van der Waals surface area contributed by atoms with Gasteiger partial charge in [-0.05, 0) is 25.9 Å². The number of pyridine rings is 1. The second-order valence-corrected chi connectivity index (χ2v) is 4.44. The molecule has 0 spiro atoms. The van der Waals surface area contributed by atoms with E-state index in [2.05, 4.69) is 15.2 Å². The molecule has 1 fully saturated rings. The summed E-state index contributed by atoms with van der Waals surface area (Å²) in [4.78, 5) is 16.6. The molecule has 7 nitrogen and oxygen atoms in total. The Morgan fingerprint density at radius 3 is 2.89 bits per heavy atom. The van der Waals surface area contributed by atoms with Crippen molar-refractivity contribution in [2.45, 2.75) is 12.8 Å². The van der Waals surface area contributed by atoms with Crippen LogP contribution in [0.1, 0.15) is 18.4 Å². The van der Waals surface area contributed by atoms with Crippen LogP contribution in [0.15, 0.2) is 12.3 Å². The lowest BCUT2D eigenvalue weighted by Crippen LogP contribution is -2.26. The van der Waals surface area contributed by atoms with Crippen molar-refractivity contribution in [2.24, 2.45) is 0 Å². The van der Waals surface area contributed by atoms with Crippen molar-refractivity contribution in [3.8, 4) is 6.07 Å². The van der Waals surface area contributed by atoms with Crippen LogP contribution in [0.25, 0.3) is 0 Å². The summed E-state index contributed by atoms with van der Waals surface area (Å²) in [5.74, 6) is 0.225. The van der Waals surface area contributed by atoms with Crippen LogP contribution >= 0.6 is 0 Å². The molecule has 7 heteroatoms. The average molecular weight is 261 g/mol. The maximum Gasteiger partial charge on any atom is 0.312 e. The summed E-state index contributed by atoms with van der Waals surface area (Å²) in [7, 11) is 0. The molecule has 0 aromatic carbocycles. The molecule has 0 unspecified atom stereocenters. The van der Waals surface area contributed by atoms with Crippen LogP contribution in [0, 0.1) is 21.4 Å². The van der Waals surface area contributed by atoms with E-state index in [0.29, 0.717) is 6.54 Å². The van der Waals surface area contributed by atoms with Gasteiger partial charge in [-0.25, -0.2) is 4.98 Å². The Balaban J connectivity index is 1.98. The summed E-state index contributed by atoms with van der Waals surface area (Å²) < 4.78 is 0. The molecule has 2 heterocycles. The number of hydrogen-bond acceptors (Lipinski definition) is 6. The highest BCUT2D eigenvalue weighted by molar-refractivity contribution is 5.58. The van der Waals surface area contributed by atoms with Gasteiger partial charge in [-0.1, -0.05) is 0 Å². The highest BCUT2D eigenvalue weighted by Crippen LogP contribution is 2.22. The number of anilines is 1. The molecule has 2 rings (SSSR count). The van der Waals surface area contributed by atoms with Crippen molar-refractivity contribution in [3.63, 3.8) is 0 Å². The molecule has 100 valence electrons. The van der Waals surface area contributed by atoms with E-state index < -0.39 is 4.92 Å². The highest BCUT2D eigenvalue weighted by Gasteiger charge is 2.17. The lowest BCUT2D eigenvalue weighted by atomic mass is 10.3. The van der Waals surface area contributed by atoms with Gasteiger partial charge in [0.1, 0.15) is 6.07 Å². The van der Waals surface area contributed by atoms with E-state index in [4.69, 9.17) is 5.26 Å². The Labute approximate surface area is 111 Å². The van der Waals surface area contributed by atoms with Gasteiger partial charge in [0.2, 0.25) is 5.82 Å². The topological polar surface area (TPSA) is 95.1 Å². The first-order chi connectivity index (χ1) is 9.20. The molecule has 1 aromatic heterocycles. The van der Waals surface area contributed by atoms with Crippen LogP contribution in [0.5, 0.6) is 0 Å². The van der Waals surface area contributed by atoms with Crippen LogP contribution < -0.4 is 5.32 Å². The van der Waals surface area contributed by atoms with E-state index in [1.165, 1.54) is 25.1 Å². The van der Waals surface area contributed by atoms with Gasteiger partial charge in [0.15, 0.2) is 0 Å². The van der Waals surface area contributed by atoms with E-state index >= 15 is 0 Å². The fraction of sp³-hybridized carbons (Fsp3) is 0.500. The first kappa shape index (κ1) is 13.2. The summed E-state index contributed by atoms with van der Waals surface area (Å²) in [6.07, 6.45) is 3.77. The van der Waals surface area contributed by atoms with E-state index in [-0.39, 0.29) is 17.1 Å². The zero-order valence-corrected chi connectivity index (χ0v) is 10.5. The maximum absolute atomic E-state index is 10.9. The Morgan fingerprint density at radius 1 is 1.53 bits per heavy atom. The van der Waals surface area contributed by atoms with Crippen molar-refractivity contribution < 1.29 is 4.92 Å². The molecule has 0 saturated carbocycles. The van der Waals surface area contributed by atoms with E-state index in [1.54, 1.807) is 0 Å². The van der Waals surface area contributed by atoms with Gasteiger partial charge in [0, 0.05) is 25.4 Å². The summed E-state index contributed by atoms with van der Waals surface area (Å²) in [5.41, 5.74) is 0.0391. The van der Waals surface area contributed by atoms with Gasteiger partial charge in [0.25, 0.3) is 0 Å². The first-order valence-corrected chi connectivity index (χ1v) is 6.21. The van der Waals surface area contributed by atoms with Crippen LogP contribution in [0.3, 0.4) is 0 Å². The predicted molar refractivity (Wildman–Crippen MR) is 69.8 cm³/mol. The number of nitrogens with one attached hydrogen (secondary N) is 1. The highest BCUT2D eigenvalue weighted by atomic mass is 16.6. The van der Waals surface area contributed by atoms with Gasteiger partial charge in [-0.3, -0.25) is 10.1 Å². The van der Waals surface area contributed by atoms with E-state index in [9.17, 15) is 10.1 Å². The smallest absolute Gasteiger partial charge is 0.312 e. The quantitative estimate of drug-likeness (QED) is 0.635. The van der Waals surface area contributed by atoms with Crippen molar-refractivity contribution in [1.82, 2.24) is 9.88 Å². The van der Waals surface area contributed by atoms with Gasteiger partial charge in [-0.15, -0.1) is 0 Å².